The fraction of sp³-hybridized carbons (Fsp3) is 0.625. The zero-order valence-corrected chi connectivity index (χ0v) is 7.85. The molecule has 3 nitrogen and oxygen atoms in total. The molecule has 1 atom stereocenters. The molecule has 0 amide bonds. The van der Waals surface area contributed by atoms with E-state index in [0.29, 0.717) is 0 Å². The van der Waals surface area contributed by atoms with E-state index in [1.54, 1.807) is 14.0 Å². The van der Waals surface area contributed by atoms with Gasteiger partial charge in [0.1, 0.15) is 12.2 Å². The number of aromatic nitrogens is 1. The molecular formula is C8H11F3N2O. The van der Waals surface area contributed by atoms with Crippen LogP contribution >= 0.6 is 0 Å². The van der Waals surface area contributed by atoms with Crippen LogP contribution in [0.1, 0.15) is 24.6 Å². The number of alkyl halides is 3. The highest BCUT2D eigenvalue weighted by molar-refractivity contribution is 4.98. The molecule has 0 saturated carbocycles. The number of hydrogen-bond acceptors (Lipinski definition) is 3. The fourth-order valence-electron chi connectivity index (χ4n) is 0.926. The Labute approximate surface area is 79.3 Å². The van der Waals surface area contributed by atoms with Gasteiger partial charge in [-0.15, -0.1) is 0 Å². The minimum atomic E-state index is -4.25. The van der Waals surface area contributed by atoms with E-state index in [1.165, 1.54) is 0 Å². The molecule has 0 spiro atoms. The summed E-state index contributed by atoms with van der Waals surface area (Å²) >= 11 is 0. The Morgan fingerprint density at radius 3 is 2.71 bits per heavy atom. The highest BCUT2D eigenvalue weighted by Crippen LogP contribution is 2.22. The molecule has 0 radical (unpaired) electrons. The van der Waals surface area contributed by atoms with Crippen molar-refractivity contribution in [1.29, 1.82) is 0 Å². The maximum Gasteiger partial charge on any atom is 0.396 e. The van der Waals surface area contributed by atoms with Crippen LogP contribution in [0.25, 0.3) is 0 Å². The van der Waals surface area contributed by atoms with Crippen molar-refractivity contribution in [3.05, 3.63) is 17.8 Å². The molecule has 0 aliphatic carbocycles. The average Bonchev–Trinajstić information content (AvgIpc) is 2.48. The van der Waals surface area contributed by atoms with Crippen molar-refractivity contribution in [2.45, 2.75) is 25.6 Å². The van der Waals surface area contributed by atoms with E-state index in [0.717, 1.165) is 6.20 Å². The van der Waals surface area contributed by atoms with Crippen LogP contribution in [0.2, 0.25) is 0 Å². The SMILES string of the molecule is CNC(C)c1ncc(CC(F)(F)F)o1. The molecule has 0 aliphatic rings. The molecular weight excluding hydrogens is 197 g/mol. The number of halogens is 3. The van der Waals surface area contributed by atoms with E-state index in [9.17, 15) is 13.2 Å². The van der Waals surface area contributed by atoms with E-state index in [-0.39, 0.29) is 17.7 Å². The van der Waals surface area contributed by atoms with Crippen molar-refractivity contribution >= 4 is 0 Å². The van der Waals surface area contributed by atoms with Crippen molar-refractivity contribution < 1.29 is 17.6 Å². The zero-order valence-electron chi connectivity index (χ0n) is 7.85. The quantitative estimate of drug-likeness (QED) is 0.826. The van der Waals surface area contributed by atoms with Gasteiger partial charge in [-0.2, -0.15) is 13.2 Å². The molecule has 1 N–H and O–H groups in total. The predicted molar refractivity (Wildman–Crippen MR) is 43.7 cm³/mol. The first kappa shape index (κ1) is 11.0. The summed E-state index contributed by atoms with van der Waals surface area (Å²) in [5, 5.41) is 2.82. The van der Waals surface area contributed by atoms with Crippen molar-refractivity contribution in [3.63, 3.8) is 0 Å². The van der Waals surface area contributed by atoms with Gasteiger partial charge >= 0.3 is 6.18 Å². The van der Waals surface area contributed by atoms with E-state index >= 15 is 0 Å². The largest absolute Gasteiger partial charge is 0.444 e. The van der Waals surface area contributed by atoms with Crippen LogP contribution in [0.4, 0.5) is 13.2 Å². The summed E-state index contributed by atoms with van der Waals surface area (Å²) in [5.74, 6) is 0.112. The molecule has 80 valence electrons. The van der Waals surface area contributed by atoms with Gasteiger partial charge in [0.25, 0.3) is 0 Å². The van der Waals surface area contributed by atoms with Crippen molar-refractivity contribution in [3.8, 4) is 0 Å². The summed E-state index contributed by atoms with van der Waals surface area (Å²) in [7, 11) is 1.68. The van der Waals surface area contributed by atoms with E-state index < -0.39 is 12.6 Å². The number of oxazole rings is 1. The third-order valence-corrected chi connectivity index (χ3v) is 1.75. The van der Waals surface area contributed by atoms with Crippen LogP contribution in [-0.4, -0.2) is 18.2 Å². The van der Waals surface area contributed by atoms with Gasteiger partial charge in [0.05, 0.1) is 12.2 Å². The third kappa shape index (κ3) is 3.02. The van der Waals surface area contributed by atoms with Crippen LogP contribution in [0.15, 0.2) is 10.6 Å². The molecule has 0 saturated heterocycles. The molecule has 1 heterocycles. The lowest BCUT2D eigenvalue weighted by Crippen LogP contribution is -2.12. The first-order valence-corrected chi connectivity index (χ1v) is 4.11. The van der Waals surface area contributed by atoms with Gasteiger partial charge in [-0.1, -0.05) is 0 Å². The molecule has 0 aliphatic heterocycles. The first-order chi connectivity index (χ1) is 6.42. The maximum atomic E-state index is 11.9. The molecule has 0 fully saturated rings. The molecule has 14 heavy (non-hydrogen) atoms. The third-order valence-electron chi connectivity index (χ3n) is 1.75. The normalized spacial score (nSPS) is 14.4. The van der Waals surface area contributed by atoms with Crippen LogP contribution in [0, 0.1) is 0 Å². The Hall–Kier alpha value is -1.04. The topological polar surface area (TPSA) is 38.1 Å². The average molecular weight is 208 g/mol. The lowest BCUT2D eigenvalue weighted by atomic mass is 10.3. The monoisotopic (exact) mass is 208 g/mol. The van der Waals surface area contributed by atoms with Crippen molar-refractivity contribution in [2.75, 3.05) is 7.05 Å². The van der Waals surface area contributed by atoms with Gasteiger partial charge in [-0.25, -0.2) is 4.98 Å². The molecule has 0 bridgehead atoms. The molecule has 1 aromatic rings. The Morgan fingerprint density at radius 1 is 1.57 bits per heavy atom. The second-order valence-electron chi connectivity index (χ2n) is 2.97. The summed E-state index contributed by atoms with van der Waals surface area (Å²) in [6.45, 7) is 1.75. The Bertz CT molecular complexity index is 295. The minimum absolute atomic E-state index is 0.158. The van der Waals surface area contributed by atoms with Crippen LogP contribution in [0.3, 0.4) is 0 Å². The van der Waals surface area contributed by atoms with E-state index in [4.69, 9.17) is 4.42 Å². The summed E-state index contributed by atoms with van der Waals surface area (Å²) in [5.41, 5.74) is 0. The fourth-order valence-corrected chi connectivity index (χ4v) is 0.926. The Balaban J connectivity index is 2.69. The first-order valence-electron chi connectivity index (χ1n) is 4.11. The molecule has 1 unspecified atom stereocenters. The summed E-state index contributed by atoms with van der Waals surface area (Å²) in [4.78, 5) is 3.74. The van der Waals surface area contributed by atoms with Gasteiger partial charge in [0.15, 0.2) is 0 Å². The van der Waals surface area contributed by atoms with Gasteiger partial charge in [0, 0.05) is 0 Å². The van der Waals surface area contributed by atoms with Crippen molar-refractivity contribution in [1.82, 2.24) is 10.3 Å². The lowest BCUT2D eigenvalue weighted by molar-refractivity contribution is -0.130. The standard InChI is InChI=1S/C8H11F3N2O/c1-5(12-2)7-13-4-6(14-7)3-8(9,10)11/h4-5,12H,3H2,1-2H3. The zero-order chi connectivity index (χ0) is 10.8. The molecule has 1 rings (SSSR count). The number of rotatable bonds is 3. The summed E-state index contributed by atoms with van der Waals surface area (Å²) < 4.78 is 40.7. The predicted octanol–water partition coefficient (Wildman–Crippen LogP) is 2.06. The lowest BCUT2D eigenvalue weighted by Gasteiger charge is -2.04. The van der Waals surface area contributed by atoms with E-state index in [2.05, 4.69) is 10.3 Å². The van der Waals surface area contributed by atoms with Gasteiger partial charge < -0.3 is 9.73 Å². The van der Waals surface area contributed by atoms with Gasteiger partial charge in [-0.05, 0) is 14.0 Å². The van der Waals surface area contributed by atoms with Crippen LogP contribution < -0.4 is 5.32 Å². The van der Waals surface area contributed by atoms with Gasteiger partial charge in [0.2, 0.25) is 5.89 Å². The molecule has 0 aromatic carbocycles. The number of nitrogens with one attached hydrogen (secondary N) is 1. The molecule has 1 aromatic heterocycles. The second kappa shape index (κ2) is 4.00. The highest BCUT2D eigenvalue weighted by Gasteiger charge is 2.30. The van der Waals surface area contributed by atoms with Crippen molar-refractivity contribution in [2.24, 2.45) is 0 Å². The Kier molecular flexibility index (Phi) is 3.15. The number of nitrogens with zero attached hydrogens (tertiary/aromatic N) is 1. The Morgan fingerprint density at radius 2 is 2.21 bits per heavy atom. The van der Waals surface area contributed by atoms with Crippen LogP contribution in [-0.2, 0) is 6.42 Å². The maximum absolute atomic E-state index is 11.9. The molecule has 6 heteroatoms. The second-order valence-corrected chi connectivity index (χ2v) is 2.97. The number of hydrogen-bond donors (Lipinski definition) is 1. The van der Waals surface area contributed by atoms with E-state index in [1.807, 2.05) is 0 Å². The smallest absolute Gasteiger partial charge is 0.396 e. The van der Waals surface area contributed by atoms with Crippen LogP contribution in [0.5, 0.6) is 0 Å². The summed E-state index contributed by atoms with van der Waals surface area (Å²) in [6.07, 6.45) is -4.22. The minimum Gasteiger partial charge on any atom is -0.444 e. The highest BCUT2D eigenvalue weighted by atomic mass is 19.4. The van der Waals surface area contributed by atoms with Gasteiger partial charge in [-0.3, -0.25) is 0 Å². The summed E-state index contributed by atoms with van der Waals surface area (Å²) in [6, 6.07) is -0.183.